The van der Waals surface area contributed by atoms with E-state index in [-0.39, 0.29) is 0 Å². The van der Waals surface area contributed by atoms with Crippen LogP contribution in [0.1, 0.15) is 0 Å². The van der Waals surface area contributed by atoms with Gasteiger partial charge in [0.2, 0.25) is 0 Å². The molecule has 0 fully saturated rings. The van der Waals surface area contributed by atoms with Crippen molar-refractivity contribution < 1.29 is 0 Å². The first kappa shape index (κ1) is 22.6. The summed E-state index contributed by atoms with van der Waals surface area (Å²) in [6.45, 7) is 0. The molecule has 1 nitrogen and oxygen atoms in total. The van der Waals surface area contributed by atoms with E-state index in [0.717, 1.165) is 17.1 Å². The summed E-state index contributed by atoms with van der Waals surface area (Å²) in [4.78, 5) is 2.31. The van der Waals surface area contributed by atoms with Crippen LogP contribution in [0, 0.1) is 0 Å². The lowest BCUT2D eigenvalue weighted by Gasteiger charge is -2.26. The van der Waals surface area contributed by atoms with E-state index >= 15 is 0 Å². The zero-order valence-corrected chi connectivity index (χ0v) is 20.5. The fourth-order valence-electron chi connectivity index (χ4n) is 4.88. The van der Waals surface area contributed by atoms with E-state index in [4.69, 9.17) is 0 Å². The van der Waals surface area contributed by atoms with Crippen molar-refractivity contribution in [3.8, 4) is 33.4 Å². The van der Waals surface area contributed by atoms with Crippen LogP contribution in [0.5, 0.6) is 0 Å². The molecule has 0 heterocycles. The molecule has 37 heavy (non-hydrogen) atoms. The van der Waals surface area contributed by atoms with E-state index in [0.29, 0.717) is 0 Å². The van der Waals surface area contributed by atoms with Crippen LogP contribution in [0.4, 0.5) is 17.1 Å². The Morgan fingerprint density at radius 1 is 0.270 bits per heavy atom. The molecule has 0 aliphatic rings. The second kappa shape index (κ2) is 10.4. The Morgan fingerprint density at radius 3 is 1.27 bits per heavy atom. The molecule has 0 spiro atoms. The zero-order chi connectivity index (χ0) is 24.9. The van der Waals surface area contributed by atoms with Crippen molar-refractivity contribution in [2.24, 2.45) is 0 Å². The molecule has 0 aromatic heterocycles. The van der Waals surface area contributed by atoms with Crippen molar-refractivity contribution >= 4 is 17.1 Å². The topological polar surface area (TPSA) is 3.24 Å². The Labute approximate surface area is 218 Å². The van der Waals surface area contributed by atoms with Gasteiger partial charge >= 0.3 is 0 Å². The molecule has 6 rings (SSSR count). The molecule has 0 amide bonds. The number of hydrogen-bond acceptors (Lipinski definition) is 1. The summed E-state index contributed by atoms with van der Waals surface area (Å²) in [7, 11) is 0. The highest BCUT2D eigenvalue weighted by atomic mass is 15.1. The van der Waals surface area contributed by atoms with Gasteiger partial charge in [0.05, 0.1) is 0 Å². The summed E-state index contributed by atoms with van der Waals surface area (Å²) in [5, 5.41) is 0. The summed E-state index contributed by atoms with van der Waals surface area (Å²) in [6.07, 6.45) is 0. The summed E-state index contributed by atoms with van der Waals surface area (Å²) in [6, 6.07) is 58.0. The lowest BCUT2D eigenvalue weighted by Crippen LogP contribution is -2.09. The number of para-hydroxylation sites is 2. The third-order valence-corrected chi connectivity index (χ3v) is 6.66. The van der Waals surface area contributed by atoms with Crippen LogP contribution in [0.3, 0.4) is 0 Å². The minimum Gasteiger partial charge on any atom is -0.310 e. The van der Waals surface area contributed by atoms with Crippen molar-refractivity contribution in [2.45, 2.75) is 0 Å². The van der Waals surface area contributed by atoms with Crippen LogP contribution in [0.2, 0.25) is 0 Å². The molecule has 0 bridgehead atoms. The third kappa shape index (κ3) is 4.80. The molecule has 0 unspecified atom stereocenters. The fourth-order valence-corrected chi connectivity index (χ4v) is 4.88. The molecule has 1 heteroatoms. The highest BCUT2D eigenvalue weighted by Crippen LogP contribution is 2.39. The predicted molar refractivity (Wildman–Crippen MR) is 157 cm³/mol. The van der Waals surface area contributed by atoms with E-state index in [1.54, 1.807) is 0 Å². The molecular weight excluding hydrogens is 446 g/mol. The number of hydrogen-bond donors (Lipinski definition) is 0. The Bertz CT molecular complexity index is 1550. The summed E-state index contributed by atoms with van der Waals surface area (Å²) in [5.41, 5.74) is 10.7. The third-order valence-electron chi connectivity index (χ3n) is 6.66. The van der Waals surface area contributed by atoms with Gasteiger partial charge < -0.3 is 4.90 Å². The fraction of sp³-hybridized carbons (Fsp3) is 0. The van der Waals surface area contributed by atoms with Crippen molar-refractivity contribution in [3.63, 3.8) is 0 Å². The van der Waals surface area contributed by atoms with Gasteiger partial charge in [-0.25, -0.2) is 0 Å². The van der Waals surface area contributed by atoms with E-state index < -0.39 is 0 Å². The monoisotopic (exact) mass is 473 g/mol. The average molecular weight is 474 g/mol. The van der Waals surface area contributed by atoms with Gasteiger partial charge in [0, 0.05) is 17.1 Å². The first-order valence-corrected chi connectivity index (χ1v) is 12.6. The van der Waals surface area contributed by atoms with Crippen molar-refractivity contribution in [1.29, 1.82) is 0 Å². The van der Waals surface area contributed by atoms with Gasteiger partial charge in [-0.3, -0.25) is 0 Å². The van der Waals surface area contributed by atoms with Crippen LogP contribution in [-0.2, 0) is 0 Å². The first-order valence-electron chi connectivity index (χ1n) is 12.6. The summed E-state index contributed by atoms with van der Waals surface area (Å²) < 4.78 is 0. The standard InChI is InChI=1S/C36H27N/c1-5-14-28(15-6-1)35-25-24-31(27-36(35)29-16-7-2-8-17-29)30-18-13-23-34(26-30)37(32-19-9-3-10-20-32)33-21-11-4-12-22-33/h1-27H. The normalized spacial score (nSPS) is 10.7. The van der Waals surface area contributed by atoms with E-state index in [1.165, 1.54) is 33.4 Å². The van der Waals surface area contributed by atoms with Gasteiger partial charge in [-0.1, -0.05) is 121 Å². The predicted octanol–water partition coefficient (Wildman–Crippen LogP) is 10.2. The van der Waals surface area contributed by atoms with Gasteiger partial charge in [-0.2, -0.15) is 0 Å². The molecule has 0 aliphatic heterocycles. The Kier molecular flexibility index (Phi) is 6.34. The maximum absolute atomic E-state index is 2.33. The lowest BCUT2D eigenvalue weighted by molar-refractivity contribution is 1.28. The molecule has 0 atom stereocenters. The molecule has 0 N–H and O–H groups in total. The van der Waals surface area contributed by atoms with Crippen LogP contribution in [-0.4, -0.2) is 0 Å². The minimum absolute atomic E-state index is 1.13. The van der Waals surface area contributed by atoms with Gasteiger partial charge in [0.15, 0.2) is 0 Å². The molecule has 0 aliphatic carbocycles. The zero-order valence-electron chi connectivity index (χ0n) is 20.5. The van der Waals surface area contributed by atoms with E-state index in [1.807, 2.05) is 0 Å². The molecule has 0 saturated carbocycles. The Balaban J connectivity index is 1.47. The highest BCUT2D eigenvalue weighted by molar-refractivity contribution is 5.88. The van der Waals surface area contributed by atoms with Crippen LogP contribution >= 0.6 is 0 Å². The largest absolute Gasteiger partial charge is 0.310 e. The van der Waals surface area contributed by atoms with Crippen molar-refractivity contribution in [2.75, 3.05) is 4.90 Å². The molecule has 6 aromatic carbocycles. The average Bonchev–Trinajstić information content (AvgIpc) is 2.99. The van der Waals surface area contributed by atoms with Crippen LogP contribution < -0.4 is 4.90 Å². The second-order valence-corrected chi connectivity index (χ2v) is 9.05. The molecular formula is C36H27N. The molecule has 0 saturated heterocycles. The SMILES string of the molecule is c1ccc(-c2ccc(-c3cccc(N(c4ccccc4)c4ccccc4)c3)cc2-c2ccccc2)cc1. The maximum atomic E-state index is 2.33. The molecule has 176 valence electrons. The van der Waals surface area contributed by atoms with Gasteiger partial charge in [0.25, 0.3) is 0 Å². The number of rotatable bonds is 6. The first-order chi connectivity index (χ1) is 18.4. The second-order valence-electron chi connectivity index (χ2n) is 9.05. The molecule has 6 aromatic rings. The smallest absolute Gasteiger partial charge is 0.0467 e. The highest BCUT2D eigenvalue weighted by Gasteiger charge is 2.14. The Hall–Kier alpha value is -4.88. The van der Waals surface area contributed by atoms with E-state index in [9.17, 15) is 0 Å². The molecule has 0 radical (unpaired) electrons. The summed E-state index contributed by atoms with van der Waals surface area (Å²) in [5.74, 6) is 0. The van der Waals surface area contributed by atoms with Gasteiger partial charge in [0.1, 0.15) is 0 Å². The summed E-state index contributed by atoms with van der Waals surface area (Å²) >= 11 is 0. The van der Waals surface area contributed by atoms with Crippen molar-refractivity contribution in [1.82, 2.24) is 0 Å². The van der Waals surface area contributed by atoms with Crippen LogP contribution in [0.25, 0.3) is 33.4 Å². The van der Waals surface area contributed by atoms with Crippen molar-refractivity contribution in [3.05, 3.63) is 164 Å². The minimum atomic E-state index is 1.13. The quantitative estimate of drug-likeness (QED) is 0.233. The Morgan fingerprint density at radius 2 is 0.703 bits per heavy atom. The van der Waals surface area contributed by atoms with E-state index in [2.05, 4.69) is 169 Å². The lowest BCUT2D eigenvalue weighted by atomic mass is 9.91. The van der Waals surface area contributed by atoms with Crippen LogP contribution in [0.15, 0.2) is 164 Å². The van der Waals surface area contributed by atoms with Gasteiger partial charge in [-0.05, 0) is 75.8 Å². The maximum Gasteiger partial charge on any atom is 0.0467 e. The number of anilines is 3. The number of nitrogens with zero attached hydrogens (tertiary/aromatic N) is 1. The number of benzene rings is 6. The van der Waals surface area contributed by atoms with Gasteiger partial charge in [-0.15, -0.1) is 0 Å².